The maximum atomic E-state index is 10.9. The van der Waals surface area contributed by atoms with Gasteiger partial charge in [-0.1, -0.05) is 0 Å². The van der Waals surface area contributed by atoms with Crippen molar-refractivity contribution in [3.63, 3.8) is 0 Å². The topological polar surface area (TPSA) is 88.1 Å². The van der Waals surface area contributed by atoms with Crippen LogP contribution in [0.4, 0.5) is 0 Å². The molecule has 1 aliphatic rings. The van der Waals surface area contributed by atoms with Crippen molar-refractivity contribution >= 4 is 5.97 Å². The first-order chi connectivity index (χ1) is 10.7. The number of hydrogen-bond donors (Lipinski definition) is 1. The van der Waals surface area contributed by atoms with Crippen LogP contribution in [0.3, 0.4) is 0 Å². The molecule has 1 aromatic heterocycles. The second kappa shape index (κ2) is 5.90. The number of carboxylic acid groups (broad SMARTS) is 1. The molecule has 1 saturated carbocycles. The average Bonchev–Trinajstić information content (AvgIpc) is 3.18. The van der Waals surface area contributed by atoms with Gasteiger partial charge in [-0.15, -0.1) is 0 Å². The van der Waals surface area contributed by atoms with Gasteiger partial charge in [0.05, 0.1) is 11.7 Å². The lowest BCUT2D eigenvalue weighted by molar-refractivity contribution is 0.0691. The van der Waals surface area contributed by atoms with Crippen molar-refractivity contribution in [1.29, 1.82) is 5.26 Å². The highest BCUT2D eigenvalue weighted by atomic mass is 16.5. The SMILES string of the molecule is N#Cc1cc(-n2cnc(C(=O)O)c2)ccc1OC1CCCC1. The molecule has 6 nitrogen and oxygen atoms in total. The molecule has 0 bridgehead atoms. The molecule has 0 saturated heterocycles. The summed E-state index contributed by atoms with van der Waals surface area (Å²) in [6.45, 7) is 0. The molecule has 0 spiro atoms. The van der Waals surface area contributed by atoms with Crippen LogP contribution in [0.25, 0.3) is 5.69 Å². The van der Waals surface area contributed by atoms with E-state index in [0.29, 0.717) is 17.0 Å². The third-order valence-electron chi connectivity index (χ3n) is 3.78. The molecular formula is C16H15N3O3. The van der Waals surface area contributed by atoms with E-state index in [4.69, 9.17) is 9.84 Å². The molecule has 0 unspecified atom stereocenters. The molecule has 112 valence electrons. The van der Waals surface area contributed by atoms with Crippen LogP contribution >= 0.6 is 0 Å². The van der Waals surface area contributed by atoms with Crippen LogP contribution in [0.2, 0.25) is 0 Å². The molecule has 1 aliphatic carbocycles. The molecule has 1 N–H and O–H groups in total. The van der Waals surface area contributed by atoms with Crippen LogP contribution < -0.4 is 4.74 Å². The molecule has 0 atom stereocenters. The monoisotopic (exact) mass is 297 g/mol. The molecular weight excluding hydrogens is 282 g/mol. The Morgan fingerprint density at radius 3 is 2.82 bits per heavy atom. The zero-order valence-corrected chi connectivity index (χ0v) is 11.9. The lowest BCUT2D eigenvalue weighted by Gasteiger charge is -2.15. The highest BCUT2D eigenvalue weighted by molar-refractivity contribution is 5.85. The number of nitrogens with zero attached hydrogens (tertiary/aromatic N) is 3. The number of hydrogen-bond acceptors (Lipinski definition) is 4. The Balaban J connectivity index is 1.87. The summed E-state index contributed by atoms with van der Waals surface area (Å²) in [6.07, 6.45) is 7.39. The average molecular weight is 297 g/mol. The number of carbonyl (C=O) groups is 1. The van der Waals surface area contributed by atoms with Crippen LogP contribution in [0.5, 0.6) is 5.75 Å². The summed E-state index contributed by atoms with van der Waals surface area (Å²) in [4.78, 5) is 14.7. The first-order valence-corrected chi connectivity index (χ1v) is 7.16. The lowest BCUT2D eigenvalue weighted by Crippen LogP contribution is -2.11. The van der Waals surface area contributed by atoms with E-state index < -0.39 is 5.97 Å². The summed E-state index contributed by atoms with van der Waals surface area (Å²) in [5.74, 6) is -0.503. The van der Waals surface area contributed by atoms with E-state index >= 15 is 0 Å². The minimum Gasteiger partial charge on any atom is -0.489 e. The van der Waals surface area contributed by atoms with Crippen LogP contribution in [0.15, 0.2) is 30.7 Å². The zero-order chi connectivity index (χ0) is 15.5. The van der Waals surface area contributed by atoms with Crippen molar-refractivity contribution in [3.8, 4) is 17.5 Å². The van der Waals surface area contributed by atoms with E-state index in [9.17, 15) is 10.1 Å². The number of aromatic nitrogens is 2. The molecule has 1 aromatic carbocycles. The fourth-order valence-electron chi connectivity index (χ4n) is 2.63. The van der Waals surface area contributed by atoms with Crippen LogP contribution in [0.1, 0.15) is 41.7 Å². The molecule has 0 aliphatic heterocycles. The predicted octanol–water partition coefficient (Wildman–Crippen LogP) is 2.76. The second-order valence-electron chi connectivity index (χ2n) is 5.29. The number of carboxylic acids is 1. The maximum Gasteiger partial charge on any atom is 0.356 e. The van der Waals surface area contributed by atoms with E-state index in [1.165, 1.54) is 12.5 Å². The highest BCUT2D eigenvalue weighted by Crippen LogP contribution is 2.28. The standard InChI is InChI=1S/C16H15N3O3/c17-8-11-7-12(19-9-14(16(20)21)18-10-19)5-6-15(11)22-13-3-1-2-4-13/h5-7,9-10,13H,1-4H2,(H,20,21). The van der Waals surface area contributed by atoms with Gasteiger partial charge >= 0.3 is 5.97 Å². The van der Waals surface area contributed by atoms with Gasteiger partial charge in [-0.2, -0.15) is 5.26 Å². The van der Waals surface area contributed by atoms with Gasteiger partial charge < -0.3 is 14.4 Å². The largest absolute Gasteiger partial charge is 0.489 e. The minimum absolute atomic E-state index is 0.0372. The molecule has 22 heavy (non-hydrogen) atoms. The van der Waals surface area contributed by atoms with Gasteiger partial charge in [0.2, 0.25) is 0 Å². The van der Waals surface area contributed by atoms with Crippen LogP contribution in [-0.2, 0) is 0 Å². The second-order valence-corrected chi connectivity index (χ2v) is 5.29. The van der Waals surface area contributed by atoms with Gasteiger partial charge in [-0.25, -0.2) is 9.78 Å². The summed E-state index contributed by atoms with van der Waals surface area (Å²) in [5.41, 5.74) is 1.08. The molecule has 6 heteroatoms. The zero-order valence-electron chi connectivity index (χ0n) is 11.9. The number of imidazole rings is 1. The van der Waals surface area contributed by atoms with Gasteiger partial charge in [0.15, 0.2) is 5.69 Å². The van der Waals surface area contributed by atoms with Gasteiger partial charge in [0.25, 0.3) is 0 Å². The summed E-state index contributed by atoms with van der Waals surface area (Å²) < 4.78 is 7.46. The number of benzene rings is 1. The number of aromatic carboxylic acids is 1. The third-order valence-corrected chi connectivity index (χ3v) is 3.78. The van der Waals surface area contributed by atoms with Crippen molar-refractivity contribution < 1.29 is 14.6 Å². The minimum atomic E-state index is -1.08. The van der Waals surface area contributed by atoms with Crippen molar-refractivity contribution in [1.82, 2.24) is 9.55 Å². The molecule has 1 fully saturated rings. The van der Waals surface area contributed by atoms with Gasteiger partial charge in [-0.05, 0) is 43.9 Å². The summed E-state index contributed by atoms with van der Waals surface area (Å²) >= 11 is 0. The van der Waals surface area contributed by atoms with E-state index in [1.54, 1.807) is 22.8 Å². The summed E-state index contributed by atoms with van der Waals surface area (Å²) in [6, 6.07) is 7.36. The van der Waals surface area contributed by atoms with Gasteiger partial charge in [0.1, 0.15) is 18.1 Å². The fourth-order valence-corrected chi connectivity index (χ4v) is 2.63. The van der Waals surface area contributed by atoms with Gasteiger partial charge in [-0.3, -0.25) is 0 Å². The summed E-state index contributed by atoms with van der Waals surface area (Å²) in [5, 5.41) is 18.2. The molecule has 3 rings (SSSR count). The molecule has 0 amide bonds. The lowest BCUT2D eigenvalue weighted by atomic mass is 10.2. The Hall–Kier alpha value is -2.81. The van der Waals surface area contributed by atoms with E-state index in [1.807, 2.05) is 0 Å². The molecule has 0 radical (unpaired) electrons. The fraction of sp³-hybridized carbons (Fsp3) is 0.312. The third kappa shape index (κ3) is 2.79. The first-order valence-electron chi connectivity index (χ1n) is 7.16. The Bertz CT molecular complexity index is 739. The molecule has 1 heterocycles. The Kier molecular flexibility index (Phi) is 3.79. The van der Waals surface area contributed by atoms with Crippen molar-refractivity contribution in [2.24, 2.45) is 0 Å². The van der Waals surface area contributed by atoms with Crippen molar-refractivity contribution in [2.45, 2.75) is 31.8 Å². The van der Waals surface area contributed by atoms with Crippen molar-refractivity contribution in [3.05, 3.63) is 42.0 Å². The maximum absolute atomic E-state index is 10.9. The van der Waals surface area contributed by atoms with E-state index in [-0.39, 0.29) is 11.8 Å². The number of nitriles is 1. The number of rotatable bonds is 4. The van der Waals surface area contributed by atoms with E-state index in [2.05, 4.69) is 11.1 Å². The van der Waals surface area contributed by atoms with E-state index in [0.717, 1.165) is 25.7 Å². The number of ether oxygens (including phenoxy) is 1. The van der Waals surface area contributed by atoms with Crippen LogP contribution in [0, 0.1) is 11.3 Å². The predicted molar refractivity (Wildman–Crippen MR) is 78.1 cm³/mol. The molecule has 2 aromatic rings. The summed E-state index contributed by atoms with van der Waals surface area (Å²) in [7, 11) is 0. The Morgan fingerprint density at radius 1 is 1.41 bits per heavy atom. The smallest absolute Gasteiger partial charge is 0.356 e. The van der Waals surface area contributed by atoms with Crippen LogP contribution in [-0.4, -0.2) is 26.7 Å². The first kappa shape index (κ1) is 14.1. The normalized spacial score (nSPS) is 14.7. The van der Waals surface area contributed by atoms with Gasteiger partial charge in [0, 0.05) is 11.9 Å². The highest BCUT2D eigenvalue weighted by Gasteiger charge is 2.18. The van der Waals surface area contributed by atoms with Crippen molar-refractivity contribution in [2.75, 3.05) is 0 Å². The Labute approximate surface area is 127 Å². The Morgan fingerprint density at radius 2 is 2.18 bits per heavy atom. The quantitative estimate of drug-likeness (QED) is 0.937.